The highest BCUT2D eigenvalue weighted by Crippen LogP contribution is 2.19. The van der Waals surface area contributed by atoms with Crippen LogP contribution >= 0.6 is 24.0 Å². The summed E-state index contributed by atoms with van der Waals surface area (Å²) < 4.78 is 0. The van der Waals surface area contributed by atoms with E-state index < -0.39 is 0 Å². The minimum atomic E-state index is 0. The molecule has 0 amide bonds. The summed E-state index contributed by atoms with van der Waals surface area (Å²) in [5, 5.41) is 7.02. The van der Waals surface area contributed by atoms with Crippen LogP contribution in [-0.4, -0.2) is 56.2 Å². The molecule has 0 aliphatic carbocycles. The predicted molar refractivity (Wildman–Crippen MR) is 131 cm³/mol. The number of likely N-dealkylation sites (tertiary alicyclic amines) is 1. The lowest BCUT2D eigenvalue weighted by molar-refractivity contribution is 0.225. The summed E-state index contributed by atoms with van der Waals surface area (Å²) in [5.41, 5.74) is 2.53. The molecule has 0 saturated carbocycles. The number of guanidine groups is 1. The molecule has 28 heavy (non-hydrogen) atoms. The third-order valence-corrected chi connectivity index (χ3v) is 5.17. The molecule has 0 unspecified atom stereocenters. The second kappa shape index (κ2) is 12.1. The Morgan fingerprint density at radius 2 is 2.00 bits per heavy atom. The van der Waals surface area contributed by atoms with Gasteiger partial charge in [0.15, 0.2) is 5.96 Å². The highest BCUT2D eigenvalue weighted by Gasteiger charge is 2.19. The van der Waals surface area contributed by atoms with Crippen molar-refractivity contribution in [1.29, 1.82) is 0 Å². The fourth-order valence-electron chi connectivity index (χ4n) is 3.67. The van der Waals surface area contributed by atoms with Gasteiger partial charge in [0.05, 0.1) is 6.54 Å². The third-order valence-electron chi connectivity index (χ3n) is 5.17. The van der Waals surface area contributed by atoms with Gasteiger partial charge >= 0.3 is 0 Å². The minimum Gasteiger partial charge on any atom is -0.364 e. The van der Waals surface area contributed by atoms with Gasteiger partial charge in [-0.3, -0.25) is 4.90 Å². The average molecular weight is 495 g/mol. The molecular formula is C22H34IN5. The molecular weight excluding hydrogens is 461 g/mol. The Morgan fingerprint density at radius 3 is 2.68 bits per heavy atom. The summed E-state index contributed by atoms with van der Waals surface area (Å²) in [7, 11) is 0. The SMILES string of the molecule is C=CCN1CCC(NC(=NCc2cccc(N3CC=CC3)c2)NCC)CC1.I. The molecule has 2 heterocycles. The minimum absolute atomic E-state index is 0. The van der Waals surface area contributed by atoms with Crippen LogP contribution in [0.4, 0.5) is 5.69 Å². The van der Waals surface area contributed by atoms with E-state index in [0.717, 1.165) is 58.1 Å². The van der Waals surface area contributed by atoms with Gasteiger partial charge in [-0.2, -0.15) is 0 Å². The number of aliphatic imine (C=N–C) groups is 1. The van der Waals surface area contributed by atoms with Crippen molar-refractivity contribution in [3.05, 3.63) is 54.6 Å². The summed E-state index contributed by atoms with van der Waals surface area (Å²) >= 11 is 0. The van der Waals surface area contributed by atoms with Crippen molar-refractivity contribution in [3.8, 4) is 0 Å². The first-order valence-corrected chi connectivity index (χ1v) is 10.2. The summed E-state index contributed by atoms with van der Waals surface area (Å²) in [6.07, 6.45) is 8.73. The summed E-state index contributed by atoms with van der Waals surface area (Å²) in [4.78, 5) is 9.65. The smallest absolute Gasteiger partial charge is 0.191 e. The van der Waals surface area contributed by atoms with Gasteiger partial charge < -0.3 is 15.5 Å². The monoisotopic (exact) mass is 495 g/mol. The topological polar surface area (TPSA) is 42.9 Å². The first kappa shape index (κ1) is 22.7. The predicted octanol–water partition coefficient (Wildman–Crippen LogP) is 3.39. The summed E-state index contributed by atoms with van der Waals surface area (Å²) in [5.74, 6) is 0.924. The zero-order valence-electron chi connectivity index (χ0n) is 16.9. The van der Waals surface area contributed by atoms with Gasteiger partial charge in [0.2, 0.25) is 0 Å². The quantitative estimate of drug-likeness (QED) is 0.264. The van der Waals surface area contributed by atoms with Crippen molar-refractivity contribution in [2.24, 2.45) is 4.99 Å². The van der Waals surface area contributed by atoms with E-state index in [9.17, 15) is 0 Å². The maximum atomic E-state index is 4.83. The van der Waals surface area contributed by atoms with Crippen molar-refractivity contribution in [1.82, 2.24) is 15.5 Å². The molecule has 5 nitrogen and oxygen atoms in total. The number of nitrogens with one attached hydrogen (secondary N) is 2. The molecule has 0 bridgehead atoms. The molecule has 2 N–H and O–H groups in total. The second-order valence-corrected chi connectivity index (χ2v) is 7.25. The number of benzene rings is 1. The van der Waals surface area contributed by atoms with E-state index in [4.69, 9.17) is 4.99 Å². The average Bonchev–Trinajstić information content (AvgIpc) is 3.23. The molecule has 0 spiro atoms. The number of hydrogen-bond acceptors (Lipinski definition) is 3. The highest BCUT2D eigenvalue weighted by atomic mass is 127. The van der Waals surface area contributed by atoms with E-state index in [2.05, 4.69) is 70.4 Å². The van der Waals surface area contributed by atoms with Gasteiger partial charge in [-0.25, -0.2) is 4.99 Å². The molecule has 3 rings (SSSR count). The van der Waals surface area contributed by atoms with Crippen LogP contribution in [0.1, 0.15) is 25.3 Å². The Bertz CT molecular complexity index is 657. The molecule has 6 heteroatoms. The van der Waals surface area contributed by atoms with Gasteiger partial charge in [0.1, 0.15) is 0 Å². The molecule has 0 atom stereocenters. The molecule has 154 valence electrons. The lowest BCUT2D eigenvalue weighted by Crippen LogP contribution is -2.48. The van der Waals surface area contributed by atoms with Crippen LogP contribution in [0.2, 0.25) is 0 Å². The summed E-state index contributed by atoms with van der Waals surface area (Å²) in [6, 6.07) is 9.22. The maximum Gasteiger partial charge on any atom is 0.191 e. The second-order valence-electron chi connectivity index (χ2n) is 7.25. The Balaban J connectivity index is 0.00000280. The van der Waals surface area contributed by atoms with Gasteiger partial charge in [0, 0.05) is 51.0 Å². The maximum absolute atomic E-state index is 4.83. The van der Waals surface area contributed by atoms with E-state index in [1.165, 1.54) is 11.3 Å². The molecule has 1 saturated heterocycles. The van der Waals surface area contributed by atoms with Crippen LogP contribution in [-0.2, 0) is 6.54 Å². The number of anilines is 1. The Labute approximate surface area is 187 Å². The van der Waals surface area contributed by atoms with E-state index in [0.29, 0.717) is 12.6 Å². The lowest BCUT2D eigenvalue weighted by atomic mass is 10.1. The zero-order chi connectivity index (χ0) is 18.9. The molecule has 0 aromatic heterocycles. The van der Waals surface area contributed by atoms with Crippen molar-refractivity contribution >= 4 is 35.6 Å². The van der Waals surface area contributed by atoms with Crippen LogP contribution in [0.25, 0.3) is 0 Å². The van der Waals surface area contributed by atoms with Gasteiger partial charge in [-0.1, -0.05) is 30.4 Å². The Morgan fingerprint density at radius 1 is 1.25 bits per heavy atom. The number of nitrogens with zero attached hydrogens (tertiary/aromatic N) is 3. The van der Waals surface area contributed by atoms with Crippen molar-refractivity contribution < 1.29 is 0 Å². The summed E-state index contributed by atoms with van der Waals surface area (Å²) in [6.45, 7) is 12.8. The molecule has 2 aliphatic rings. The lowest BCUT2D eigenvalue weighted by Gasteiger charge is -2.32. The highest BCUT2D eigenvalue weighted by molar-refractivity contribution is 14.0. The standard InChI is InChI=1S/C22H33N5.HI/c1-3-12-26-15-10-20(11-16-26)25-22(23-4-2)24-18-19-8-7-9-21(17-19)27-13-5-6-14-27;/h3,5-9,17,20H,1,4,10-16,18H2,2H3,(H2,23,24,25);1H. The van der Waals surface area contributed by atoms with E-state index in [1.54, 1.807) is 0 Å². The molecule has 2 aliphatic heterocycles. The van der Waals surface area contributed by atoms with Crippen LogP contribution in [0.5, 0.6) is 0 Å². The van der Waals surface area contributed by atoms with Crippen molar-refractivity contribution in [2.45, 2.75) is 32.4 Å². The zero-order valence-corrected chi connectivity index (χ0v) is 19.3. The molecule has 0 radical (unpaired) electrons. The van der Waals surface area contributed by atoms with Crippen molar-refractivity contribution in [2.75, 3.05) is 44.2 Å². The van der Waals surface area contributed by atoms with Gasteiger partial charge in [-0.05, 0) is 37.5 Å². The first-order chi connectivity index (χ1) is 13.3. The van der Waals surface area contributed by atoms with E-state index in [1.807, 2.05) is 6.08 Å². The number of rotatable bonds is 7. The third kappa shape index (κ3) is 6.81. The Hall–Kier alpha value is -1.54. The van der Waals surface area contributed by atoms with Gasteiger partial charge in [0.25, 0.3) is 0 Å². The van der Waals surface area contributed by atoms with E-state index in [-0.39, 0.29) is 24.0 Å². The van der Waals surface area contributed by atoms with Crippen LogP contribution < -0.4 is 15.5 Å². The molecule has 1 aromatic carbocycles. The van der Waals surface area contributed by atoms with Crippen molar-refractivity contribution in [3.63, 3.8) is 0 Å². The van der Waals surface area contributed by atoms with Gasteiger partial charge in [-0.15, -0.1) is 30.6 Å². The molecule has 1 aromatic rings. The van der Waals surface area contributed by atoms with Crippen LogP contribution in [0, 0.1) is 0 Å². The largest absolute Gasteiger partial charge is 0.364 e. The number of hydrogen-bond donors (Lipinski definition) is 2. The fraction of sp³-hybridized carbons (Fsp3) is 0.500. The van der Waals surface area contributed by atoms with E-state index >= 15 is 0 Å². The fourth-order valence-corrected chi connectivity index (χ4v) is 3.67. The number of halogens is 1. The van der Waals surface area contributed by atoms with Crippen LogP contribution in [0.3, 0.4) is 0 Å². The first-order valence-electron chi connectivity index (χ1n) is 10.2. The van der Waals surface area contributed by atoms with Crippen LogP contribution in [0.15, 0.2) is 54.1 Å². The number of piperidine rings is 1. The Kier molecular flexibility index (Phi) is 9.84. The molecule has 1 fully saturated rings. The normalized spacial score (nSPS) is 18.0.